The van der Waals surface area contributed by atoms with Gasteiger partial charge in [0.15, 0.2) is 8.32 Å². The van der Waals surface area contributed by atoms with Gasteiger partial charge in [0.25, 0.3) is 0 Å². The number of rotatable bonds is 8. The maximum absolute atomic E-state index is 6.40. The Morgan fingerprint density at radius 1 is 1.41 bits per heavy atom. The lowest BCUT2D eigenvalue weighted by Crippen LogP contribution is -2.41. The Kier molecular flexibility index (Phi) is 8.38. The van der Waals surface area contributed by atoms with Crippen LogP contribution in [0.4, 0.5) is 0 Å². The maximum Gasteiger partial charge on any atom is 0.184 e. The summed E-state index contributed by atoms with van der Waals surface area (Å²) in [7, 11) is -1.57. The molecule has 0 rings (SSSR count). The molecule has 0 heterocycles. The molecule has 0 radical (unpaired) electrons. The van der Waals surface area contributed by atoms with Crippen molar-refractivity contribution in [2.45, 2.75) is 57.8 Å². The van der Waals surface area contributed by atoms with Gasteiger partial charge in [-0.2, -0.15) is 0 Å². The fraction of sp³-hybridized carbons (Fsp3) is 0.643. The van der Waals surface area contributed by atoms with Gasteiger partial charge in [-0.3, -0.25) is 0 Å². The summed E-state index contributed by atoms with van der Waals surface area (Å²) in [4.78, 5) is 0. The van der Waals surface area contributed by atoms with Crippen LogP contribution in [0.3, 0.4) is 0 Å². The molecule has 1 nitrogen and oxygen atoms in total. The predicted molar refractivity (Wildman–Crippen MR) is 88.2 cm³/mol. The number of unbranched alkanes of at least 4 members (excludes halogenated alkanes) is 1. The van der Waals surface area contributed by atoms with E-state index in [1.165, 1.54) is 12.8 Å². The predicted octanol–water partition coefficient (Wildman–Crippen LogP) is 5.45. The van der Waals surface area contributed by atoms with Gasteiger partial charge in [0.2, 0.25) is 0 Å². The normalized spacial score (nSPS) is 15.6. The molecule has 98 valence electrons. The van der Waals surface area contributed by atoms with Gasteiger partial charge in [-0.15, -0.1) is 5.73 Å². The summed E-state index contributed by atoms with van der Waals surface area (Å²) in [6.07, 6.45) is 8.54. The van der Waals surface area contributed by atoms with Crippen molar-refractivity contribution >= 4 is 30.9 Å². The van der Waals surface area contributed by atoms with Gasteiger partial charge in [0.1, 0.15) is 0 Å². The highest BCUT2D eigenvalue weighted by Crippen LogP contribution is 2.29. The summed E-state index contributed by atoms with van der Waals surface area (Å²) in [5.74, 6) is 0. The summed E-state index contributed by atoms with van der Waals surface area (Å²) in [5.41, 5.74) is 2.74. The van der Waals surface area contributed by atoms with Gasteiger partial charge in [-0.05, 0) is 42.6 Å². The Morgan fingerprint density at radius 3 is 2.47 bits per heavy atom. The molecule has 0 aliphatic heterocycles. The molecule has 0 aliphatic rings. The van der Waals surface area contributed by atoms with Crippen LogP contribution in [-0.2, 0) is 4.43 Å². The smallest absolute Gasteiger partial charge is 0.184 e. The van der Waals surface area contributed by atoms with Gasteiger partial charge in [0, 0.05) is 0 Å². The first-order valence-electron chi connectivity index (χ1n) is 6.21. The molecule has 0 aromatic rings. The van der Waals surface area contributed by atoms with E-state index in [1.54, 1.807) is 0 Å². The van der Waals surface area contributed by atoms with Crippen LogP contribution < -0.4 is 0 Å². The van der Waals surface area contributed by atoms with Crippen molar-refractivity contribution in [3.8, 4) is 0 Å². The number of halogens is 1. The van der Waals surface area contributed by atoms with Crippen LogP contribution in [0.25, 0.3) is 0 Å². The van der Waals surface area contributed by atoms with E-state index in [0.29, 0.717) is 0 Å². The molecule has 0 amide bonds. The molecule has 0 aliphatic carbocycles. The molecule has 0 fully saturated rings. The van der Waals surface area contributed by atoms with Crippen molar-refractivity contribution in [2.24, 2.45) is 0 Å². The van der Waals surface area contributed by atoms with E-state index >= 15 is 0 Å². The maximum atomic E-state index is 6.40. The molecule has 0 aromatic heterocycles. The lowest BCUT2D eigenvalue weighted by Gasteiger charge is -2.36. The van der Waals surface area contributed by atoms with Gasteiger partial charge >= 0.3 is 0 Å². The third-order valence-electron chi connectivity index (χ3n) is 2.38. The largest absolute Gasteiger partial charge is 0.408 e. The summed E-state index contributed by atoms with van der Waals surface area (Å²) in [5, 5.41) is 0. The summed E-state index contributed by atoms with van der Waals surface area (Å²) < 4.78 is 8.45. The first kappa shape index (κ1) is 17.2. The van der Waals surface area contributed by atoms with E-state index in [2.05, 4.69) is 71.6 Å². The van der Waals surface area contributed by atoms with E-state index < -0.39 is 8.32 Å². The second kappa shape index (κ2) is 8.30. The van der Waals surface area contributed by atoms with Crippen LogP contribution in [0, 0.1) is 0 Å². The zero-order valence-corrected chi connectivity index (χ0v) is 14.7. The zero-order chi connectivity index (χ0) is 13.4. The van der Waals surface area contributed by atoms with Gasteiger partial charge in [-0.1, -0.05) is 55.0 Å². The Labute approximate surface area is 121 Å². The summed E-state index contributed by atoms with van der Waals surface area (Å²) in [6, 6.07) is 0. The summed E-state index contributed by atoms with van der Waals surface area (Å²) in [6.45, 7) is 12.6. The average molecular weight is 364 g/mol. The second-order valence-electron chi connectivity index (χ2n) is 5.30. The van der Waals surface area contributed by atoms with Crippen LogP contribution in [0.15, 0.2) is 28.5 Å². The van der Waals surface area contributed by atoms with Crippen LogP contribution in [-0.4, -0.2) is 13.9 Å². The molecule has 3 heteroatoms. The average Bonchev–Trinajstić information content (AvgIpc) is 2.22. The lowest BCUT2D eigenvalue weighted by atomic mass is 9.93. The Balaban J connectivity index is 5.00. The minimum Gasteiger partial charge on any atom is -0.408 e. The monoisotopic (exact) mass is 364 g/mol. The fourth-order valence-electron chi connectivity index (χ4n) is 1.87. The van der Waals surface area contributed by atoms with E-state index in [0.717, 1.165) is 12.8 Å². The highest BCUT2D eigenvalue weighted by molar-refractivity contribution is 14.1. The van der Waals surface area contributed by atoms with Crippen LogP contribution in [0.2, 0.25) is 19.6 Å². The fourth-order valence-corrected chi connectivity index (χ4v) is 3.59. The van der Waals surface area contributed by atoms with Gasteiger partial charge < -0.3 is 4.43 Å². The highest BCUT2D eigenvalue weighted by atomic mass is 127. The van der Waals surface area contributed by atoms with Gasteiger partial charge in [-0.25, -0.2) is 0 Å². The Bertz CT molecular complexity index is 287. The van der Waals surface area contributed by atoms with E-state index in [1.807, 2.05) is 6.08 Å². The van der Waals surface area contributed by atoms with E-state index in [9.17, 15) is 0 Å². The third-order valence-corrected chi connectivity index (χ3v) is 3.91. The molecule has 17 heavy (non-hydrogen) atoms. The van der Waals surface area contributed by atoms with E-state index in [-0.39, 0.29) is 5.60 Å². The SMILES string of the molecule is C=C=CC(C/C=C/I)(CCCC)O[Si](C)(C)C. The first-order chi connectivity index (χ1) is 7.89. The van der Waals surface area contributed by atoms with Crippen molar-refractivity contribution in [1.82, 2.24) is 0 Å². The van der Waals surface area contributed by atoms with Crippen LogP contribution in [0.5, 0.6) is 0 Å². The van der Waals surface area contributed by atoms with Crippen molar-refractivity contribution < 1.29 is 4.43 Å². The van der Waals surface area contributed by atoms with Crippen LogP contribution in [0.1, 0.15) is 32.6 Å². The molecule has 0 aromatic carbocycles. The molecule has 1 unspecified atom stereocenters. The van der Waals surface area contributed by atoms with Crippen molar-refractivity contribution in [3.05, 3.63) is 28.5 Å². The second-order valence-corrected chi connectivity index (χ2v) is 10.4. The molecule has 1 atom stereocenters. The minimum absolute atomic E-state index is 0.191. The van der Waals surface area contributed by atoms with Crippen molar-refractivity contribution in [2.75, 3.05) is 0 Å². The third kappa shape index (κ3) is 7.98. The molecule has 0 spiro atoms. The zero-order valence-electron chi connectivity index (χ0n) is 11.6. The topological polar surface area (TPSA) is 9.23 Å². The molecule has 0 saturated carbocycles. The minimum atomic E-state index is -1.57. The number of hydrogen-bond donors (Lipinski definition) is 0. The van der Waals surface area contributed by atoms with Gasteiger partial charge in [0.05, 0.1) is 5.60 Å². The molecular weight excluding hydrogens is 339 g/mol. The summed E-state index contributed by atoms with van der Waals surface area (Å²) >= 11 is 2.26. The van der Waals surface area contributed by atoms with E-state index in [4.69, 9.17) is 4.43 Å². The molecule has 0 N–H and O–H groups in total. The van der Waals surface area contributed by atoms with Crippen molar-refractivity contribution in [1.29, 1.82) is 0 Å². The molecule has 0 bridgehead atoms. The number of hydrogen-bond acceptors (Lipinski definition) is 1. The molecule has 0 saturated heterocycles. The Hall–Kier alpha value is 0.167. The van der Waals surface area contributed by atoms with Crippen LogP contribution >= 0.6 is 22.6 Å². The first-order valence-corrected chi connectivity index (χ1v) is 10.9. The highest BCUT2D eigenvalue weighted by Gasteiger charge is 2.32. The quantitative estimate of drug-likeness (QED) is 0.316. The van der Waals surface area contributed by atoms with Crippen molar-refractivity contribution in [3.63, 3.8) is 0 Å². The molecular formula is C14H25IOSi. The Morgan fingerprint density at radius 2 is 2.06 bits per heavy atom. The lowest BCUT2D eigenvalue weighted by molar-refractivity contribution is 0.102. The standard InChI is InChI=1S/C14H25IOSi/c1-6-8-11-14(10-7-2,12-9-13-15)16-17(3,4)5/h9-10,13H,2,6,8,11-12H2,1,3-5H3/b13-9+.